The van der Waals surface area contributed by atoms with Gasteiger partial charge in [-0.3, -0.25) is 4.79 Å². The number of rotatable bonds is 2. The van der Waals surface area contributed by atoms with Gasteiger partial charge in [-0.05, 0) is 54.5 Å². The molecule has 0 bridgehead atoms. The van der Waals surface area contributed by atoms with Crippen LogP contribution in [-0.4, -0.2) is 34.9 Å². The van der Waals surface area contributed by atoms with Gasteiger partial charge in [0.25, 0.3) is 5.91 Å². The molecule has 1 aliphatic carbocycles. The Balaban J connectivity index is 0.00000136. The first-order chi connectivity index (χ1) is 14.2. The third-order valence-corrected chi connectivity index (χ3v) is 6.04. The Kier molecular flexibility index (Phi) is 7.37. The fraction of sp³-hybridized carbons (Fsp3) is 0.280. The van der Waals surface area contributed by atoms with E-state index >= 15 is 0 Å². The molecule has 5 rings (SSSR count). The number of allylic oxidation sites excluding steroid dienone is 1. The number of benzene rings is 2. The number of nitrogens with zero attached hydrogens (tertiary/aromatic N) is 2. The zero-order valence-corrected chi connectivity index (χ0v) is 18.9. The highest BCUT2D eigenvalue weighted by molar-refractivity contribution is 6.09. The van der Waals surface area contributed by atoms with E-state index in [0.29, 0.717) is 6.54 Å². The molecule has 162 valence electrons. The van der Waals surface area contributed by atoms with Gasteiger partial charge in [0.2, 0.25) is 0 Å². The van der Waals surface area contributed by atoms with Crippen LogP contribution in [0.1, 0.15) is 46.4 Å². The minimum absolute atomic E-state index is 0. The number of hydrogen-bond acceptors (Lipinski definition) is 3. The summed E-state index contributed by atoms with van der Waals surface area (Å²) in [5.41, 5.74) is 12.3. The van der Waals surface area contributed by atoms with Crippen LogP contribution in [-0.2, 0) is 6.42 Å². The van der Waals surface area contributed by atoms with Gasteiger partial charge < -0.3 is 10.6 Å². The summed E-state index contributed by atoms with van der Waals surface area (Å²) in [5.74, 6) is 0.107. The largest absolute Gasteiger partial charge is 0.337 e. The van der Waals surface area contributed by atoms with Crippen molar-refractivity contribution in [2.75, 3.05) is 13.1 Å². The van der Waals surface area contributed by atoms with Crippen molar-refractivity contribution in [3.05, 3.63) is 77.0 Å². The van der Waals surface area contributed by atoms with Gasteiger partial charge in [-0.15, -0.1) is 24.8 Å². The van der Waals surface area contributed by atoms with Gasteiger partial charge in [-0.2, -0.15) is 0 Å². The molecule has 0 saturated carbocycles. The highest BCUT2D eigenvalue weighted by Gasteiger charge is 2.30. The maximum absolute atomic E-state index is 13.6. The highest BCUT2D eigenvalue weighted by atomic mass is 35.5. The summed E-state index contributed by atoms with van der Waals surface area (Å²) in [6, 6.07) is 18.4. The topological polar surface area (TPSA) is 59.2 Å². The molecule has 1 aromatic heterocycles. The molecule has 2 heterocycles. The van der Waals surface area contributed by atoms with Crippen LogP contribution >= 0.6 is 24.8 Å². The second-order valence-electron chi connectivity index (χ2n) is 8.06. The smallest absolute Gasteiger partial charge is 0.254 e. The van der Waals surface area contributed by atoms with Crippen LogP contribution in [0.3, 0.4) is 0 Å². The quantitative estimate of drug-likeness (QED) is 0.582. The van der Waals surface area contributed by atoms with Gasteiger partial charge in [0, 0.05) is 24.5 Å². The van der Waals surface area contributed by atoms with Crippen molar-refractivity contribution < 1.29 is 4.79 Å². The summed E-state index contributed by atoms with van der Waals surface area (Å²) in [6.45, 7) is 1.42. The van der Waals surface area contributed by atoms with Crippen molar-refractivity contribution in [2.24, 2.45) is 5.73 Å². The van der Waals surface area contributed by atoms with E-state index in [9.17, 15) is 4.79 Å². The molecule has 6 heteroatoms. The zero-order chi connectivity index (χ0) is 19.8. The third-order valence-electron chi connectivity index (χ3n) is 6.04. The fourth-order valence-electron chi connectivity index (χ4n) is 4.63. The molecule has 0 radical (unpaired) electrons. The molecule has 1 atom stereocenters. The normalized spacial score (nSPS) is 18.9. The summed E-state index contributed by atoms with van der Waals surface area (Å²) in [7, 11) is 0. The standard InChI is InChI=1S/C25H25N3O.2ClH/c26-19-9-6-14-28(16-19)25(29)23-20-10-4-5-11-22(20)27-24-18(12-13-21(23)24)15-17-7-2-1-3-8-17;;/h1-5,7-8,10-11,15,19H,6,9,12-14,16,26H2;2*1H/b18-15-;;. The van der Waals surface area contributed by atoms with Crippen LogP contribution in [0.4, 0.5) is 0 Å². The second-order valence-corrected chi connectivity index (χ2v) is 8.06. The zero-order valence-electron chi connectivity index (χ0n) is 17.3. The first-order valence-corrected chi connectivity index (χ1v) is 10.4. The van der Waals surface area contributed by atoms with Crippen LogP contribution in [0.25, 0.3) is 22.6 Å². The summed E-state index contributed by atoms with van der Waals surface area (Å²) < 4.78 is 0. The number of nitrogens with two attached hydrogens (primary N) is 1. The Morgan fingerprint density at radius 1 is 1.03 bits per heavy atom. The third kappa shape index (κ3) is 4.47. The van der Waals surface area contributed by atoms with E-state index in [1.165, 1.54) is 11.1 Å². The lowest BCUT2D eigenvalue weighted by Gasteiger charge is -2.31. The minimum Gasteiger partial charge on any atom is -0.337 e. The number of aromatic nitrogens is 1. The molecular formula is C25H27Cl2N3O. The molecular weight excluding hydrogens is 429 g/mol. The van der Waals surface area contributed by atoms with Crippen molar-refractivity contribution in [1.82, 2.24) is 9.88 Å². The number of carbonyl (C=O) groups is 1. The minimum atomic E-state index is 0. The van der Waals surface area contributed by atoms with E-state index in [1.807, 2.05) is 47.4 Å². The Labute approximate surface area is 195 Å². The van der Waals surface area contributed by atoms with Gasteiger partial charge in [-0.25, -0.2) is 4.98 Å². The Morgan fingerprint density at radius 3 is 2.55 bits per heavy atom. The molecule has 1 fully saturated rings. The van der Waals surface area contributed by atoms with E-state index in [-0.39, 0.29) is 36.8 Å². The molecule has 2 aliphatic rings. The number of pyridine rings is 1. The maximum atomic E-state index is 13.6. The van der Waals surface area contributed by atoms with Gasteiger partial charge in [0.15, 0.2) is 0 Å². The van der Waals surface area contributed by atoms with Crippen LogP contribution < -0.4 is 5.73 Å². The van der Waals surface area contributed by atoms with E-state index in [1.54, 1.807) is 0 Å². The van der Waals surface area contributed by atoms with Crippen molar-refractivity contribution in [1.29, 1.82) is 0 Å². The molecule has 3 aromatic rings. The summed E-state index contributed by atoms with van der Waals surface area (Å²) in [4.78, 5) is 20.5. The van der Waals surface area contributed by atoms with Crippen LogP contribution in [0, 0.1) is 0 Å². The molecule has 1 saturated heterocycles. The van der Waals surface area contributed by atoms with E-state index < -0.39 is 0 Å². The van der Waals surface area contributed by atoms with Crippen LogP contribution in [0.5, 0.6) is 0 Å². The highest BCUT2D eigenvalue weighted by Crippen LogP contribution is 2.38. The summed E-state index contributed by atoms with van der Waals surface area (Å²) in [5, 5.41) is 0.955. The van der Waals surface area contributed by atoms with Gasteiger partial charge >= 0.3 is 0 Å². The fourth-order valence-corrected chi connectivity index (χ4v) is 4.63. The van der Waals surface area contributed by atoms with Crippen LogP contribution in [0.2, 0.25) is 0 Å². The van der Waals surface area contributed by atoms with Crippen molar-refractivity contribution in [3.63, 3.8) is 0 Å². The van der Waals surface area contributed by atoms with E-state index in [2.05, 4.69) is 18.2 Å². The Hall–Kier alpha value is -2.40. The monoisotopic (exact) mass is 455 g/mol. The summed E-state index contributed by atoms with van der Waals surface area (Å²) in [6.07, 6.45) is 5.93. The number of para-hydroxylation sites is 1. The van der Waals surface area contributed by atoms with Gasteiger partial charge in [0.05, 0.1) is 16.8 Å². The number of amides is 1. The lowest BCUT2D eigenvalue weighted by atomic mass is 9.98. The van der Waals surface area contributed by atoms with Crippen LogP contribution in [0.15, 0.2) is 54.6 Å². The molecule has 2 aromatic carbocycles. The Morgan fingerprint density at radius 2 is 1.77 bits per heavy atom. The first-order valence-electron chi connectivity index (χ1n) is 10.4. The predicted molar refractivity (Wildman–Crippen MR) is 132 cm³/mol. The summed E-state index contributed by atoms with van der Waals surface area (Å²) >= 11 is 0. The number of fused-ring (bicyclic) bond motifs is 2. The number of carbonyl (C=O) groups excluding carboxylic acids is 1. The Bertz CT molecular complexity index is 1110. The number of piperidine rings is 1. The number of halogens is 2. The van der Waals surface area contributed by atoms with Crippen molar-refractivity contribution in [2.45, 2.75) is 31.7 Å². The van der Waals surface area contributed by atoms with Gasteiger partial charge in [0.1, 0.15) is 0 Å². The maximum Gasteiger partial charge on any atom is 0.254 e. The van der Waals surface area contributed by atoms with E-state index in [0.717, 1.165) is 60.0 Å². The molecule has 1 amide bonds. The molecule has 0 spiro atoms. The van der Waals surface area contributed by atoms with Crippen molar-refractivity contribution in [3.8, 4) is 0 Å². The average molecular weight is 456 g/mol. The molecule has 31 heavy (non-hydrogen) atoms. The molecule has 1 unspecified atom stereocenters. The SMILES string of the molecule is Cl.Cl.NC1CCCN(C(=O)c2c3c(nc4ccccc24)/C(=C\c2ccccc2)CC3)C1. The lowest BCUT2D eigenvalue weighted by Crippen LogP contribution is -2.46. The van der Waals surface area contributed by atoms with Gasteiger partial charge in [-0.1, -0.05) is 48.5 Å². The molecule has 2 N–H and O–H groups in total. The molecule has 1 aliphatic heterocycles. The van der Waals surface area contributed by atoms with Crippen molar-refractivity contribution >= 4 is 53.3 Å². The number of likely N-dealkylation sites (tertiary alicyclic amines) is 1. The number of hydrogen-bond donors (Lipinski definition) is 1. The predicted octanol–water partition coefficient (Wildman–Crippen LogP) is 5.13. The first kappa shape index (κ1) is 23.3. The van der Waals surface area contributed by atoms with E-state index in [4.69, 9.17) is 10.7 Å². The molecule has 4 nitrogen and oxygen atoms in total. The average Bonchev–Trinajstić information content (AvgIpc) is 3.14. The second kappa shape index (κ2) is 9.82. The lowest BCUT2D eigenvalue weighted by molar-refractivity contribution is 0.0709.